The molecule has 0 bridgehead atoms. The number of amides is 3. The van der Waals surface area contributed by atoms with Crippen LogP contribution < -0.4 is 11.1 Å². The first-order chi connectivity index (χ1) is 12.5. The highest BCUT2D eigenvalue weighted by Crippen LogP contribution is 2.32. The van der Waals surface area contributed by atoms with Gasteiger partial charge in [-0.05, 0) is 35.5 Å². The first kappa shape index (κ1) is 16.1. The van der Waals surface area contributed by atoms with E-state index < -0.39 is 17.1 Å². The molecule has 0 saturated carbocycles. The van der Waals surface area contributed by atoms with Gasteiger partial charge in [0.2, 0.25) is 5.91 Å². The van der Waals surface area contributed by atoms with Gasteiger partial charge in [-0.15, -0.1) is 0 Å². The number of imide groups is 1. The van der Waals surface area contributed by atoms with Gasteiger partial charge >= 0.3 is 0 Å². The van der Waals surface area contributed by atoms with Crippen LogP contribution in [-0.4, -0.2) is 22.0 Å². The van der Waals surface area contributed by atoms with Crippen molar-refractivity contribution in [3.05, 3.63) is 59.0 Å². The minimum Gasteiger partial charge on any atom is -0.456 e. The average Bonchev–Trinajstić information content (AvgIpc) is 3.17. The summed E-state index contributed by atoms with van der Waals surface area (Å²) in [6, 6.07) is 8.53. The van der Waals surface area contributed by atoms with Crippen LogP contribution in [0.5, 0.6) is 0 Å². The summed E-state index contributed by atoms with van der Waals surface area (Å²) in [6.07, 6.45) is 4.82. The number of nitrogens with two attached hydrogens (primary N) is 1. The molecule has 7 nitrogen and oxygen atoms in total. The summed E-state index contributed by atoms with van der Waals surface area (Å²) in [5, 5.41) is 2.54. The number of furan rings is 1. The molecule has 3 aromatic rings. The van der Waals surface area contributed by atoms with Crippen molar-refractivity contribution >= 4 is 45.9 Å². The lowest BCUT2D eigenvalue weighted by Crippen LogP contribution is -2.17. The Morgan fingerprint density at radius 2 is 1.96 bits per heavy atom. The molecule has 0 unspecified atom stereocenters. The van der Waals surface area contributed by atoms with Crippen LogP contribution in [0.25, 0.3) is 28.2 Å². The predicted molar refractivity (Wildman–Crippen MR) is 97.1 cm³/mol. The van der Waals surface area contributed by atoms with Gasteiger partial charge in [-0.3, -0.25) is 24.7 Å². The second-order valence-corrected chi connectivity index (χ2v) is 6.56. The molecule has 1 aromatic carbocycles. The standard InChI is InChI=1S/C18H11N3O4S/c19-16(22)10-3-1-9(2-4-10)13-8-20-7-11-5-12(25-15(11)13)6-14-17(23)21-18(24)26-14/h1-8H,(H2,19,22)(H,21,23,24)/b14-6+. The Balaban J connectivity index is 1.76. The van der Waals surface area contributed by atoms with Crippen molar-refractivity contribution in [2.45, 2.75) is 0 Å². The number of hydrogen-bond donors (Lipinski definition) is 2. The number of pyridine rings is 1. The number of thioether (sulfide) groups is 1. The van der Waals surface area contributed by atoms with Crippen molar-refractivity contribution in [3.63, 3.8) is 0 Å². The highest BCUT2D eigenvalue weighted by Gasteiger charge is 2.25. The molecular formula is C18H11N3O4S. The zero-order chi connectivity index (χ0) is 18.3. The minimum atomic E-state index is -0.498. The number of primary amides is 1. The van der Waals surface area contributed by atoms with Crippen LogP contribution >= 0.6 is 11.8 Å². The number of nitrogens with zero attached hydrogens (tertiary/aromatic N) is 1. The molecule has 8 heteroatoms. The molecule has 26 heavy (non-hydrogen) atoms. The first-order valence-corrected chi connectivity index (χ1v) is 8.35. The third-order valence-corrected chi connectivity index (χ3v) is 4.65. The second kappa shape index (κ2) is 6.16. The van der Waals surface area contributed by atoms with Crippen molar-refractivity contribution < 1.29 is 18.8 Å². The second-order valence-electron chi connectivity index (χ2n) is 5.55. The van der Waals surface area contributed by atoms with Crippen molar-refractivity contribution in [2.75, 3.05) is 0 Å². The molecule has 3 N–H and O–H groups in total. The largest absolute Gasteiger partial charge is 0.456 e. The topological polar surface area (TPSA) is 115 Å². The maximum absolute atomic E-state index is 11.7. The summed E-state index contributed by atoms with van der Waals surface area (Å²) in [5.74, 6) is -0.502. The molecule has 0 spiro atoms. The van der Waals surface area contributed by atoms with E-state index in [2.05, 4.69) is 10.3 Å². The number of benzene rings is 1. The molecule has 0 radical (unpaired) electrons. The molecule has 128 valence electrons. The van der Waals surface area contributed by atoms with E-state index in [0.29, 0.717) is 16.9 Å². The van der Waals surface area contributed by atoms with Crippen LogP contribution in [0.3, 0.4) is 0 Å². The van der Waals surface area contributed by atoms with Crippen molar-refractivity contribution in [1.82, 2.24) is 10.3 Å². The number of carbonyl (C=O) groups excluding carboxylic acids is 3. The number of rotatable bonds is 3. The van der Waals surface area contributed by atoms with Gasteiger partial charge in [-0.25, -0.2) is 0 Å². The Morgan fingerprint density at radius 3 is 2.62 bits per heavy atom. The van der Waals surface area contributed by atoms with Crippen LogP contribution in [0, 0.1) is 0 Å². The van der Waals surface area contributed by atoms with E-state index in [1.807, 2.05) is 0 Å². The molecular weight excluding hydrogens is 354 g/mol. The summed E-state index contributed by atoms with van der Waals surface area (Å²) in [7, 11) is 0. The third-order valence-electron chi connectivity index (χ3n) is 3.84. The summed E-state index contributed by atoms with van der Waals surface area (Å²) in [4.78, 5) is 38.6. The SMILES string of the molecule is NC(=O)c1ccc(-c2cncc3cc(/C=C4/SC(=O)NC4=O)oc23)cc1. The molecule has 0 aliphatic carbocycles. The van der Waals surface area contributed by atoms with Gasteiger partial charge in [0.05, 0.1) is 4.91 Å². The Bertz CT molecular complexity index is 1100. The number of aromatic nitrogens is 1. The third kappa shape index (κ3) is 2.86. The fourth-order valence-electron chi connectivity index (χ4n) is 2.62. The van der Waals surface area contributed by atoms with Gasteiger partial charge in [0.1, 0.15) is 11.3 Å². The molecule has 4 rings (SSSR count). The van der Waals surface area contributed by atoms with Crippen molar-refractivity contribution in [2.24, 2.45) is 5.73 Å². The van der Waals surface area contributed by atoms with Gasteiger partial charge in [0, 0.05) is 35.0 Å². The lowest BCUT2D eigenvalue weighted by atomic mass is 10.0. The molecule has 1 aliphatic heterocycles. The van der Waals surface area contributed by atoms with Gasteiger partial charge in [0.15, 0.2) is 0 Å². The normalized spacial score (nSPS) is 15.6. The highest BCUT2D eigenvalue weighted by molar-refractivity contribution is 8.18. The summed E-state index contributed by atoms with van der Waals surface area (Å²) >= 11 is 0.825. The summed E-state index contributed by atoms with van der Waals surface area (Å²) in [5.41, 5.74) is 7.81. The Labute approximate surface area is 151 Å². The number of nitrogens with one attached hydrogen (secondary N) is 1. The van der Waals surface area contributed by atoms with Gasteiger partial charge in [-0.2, -0.15) is 0 Å². The van der Waals surface area contributed by atoms with E-state index in [-0.39, 0.29) is 4.91 Å². The van der Waals surface area contributed by atoms with Gasteiger partial charge in [0.25, 0.3) is 11.1 Å². The van der Waals surface area contributed by atoms with E-state index in [1.165, 1.54) is 6.08 Å². The summed E-state index contributed by atoms with van der Waals surface area (Å²) < 4.78 is 5.86. The lowest BCUT2D eigenvalue weighted by Gasteiger charge is -2.03. The fraction of sp³-hybridized carbons (Fsp3) is 0. The van der Waals surface area contributed by atoms with Gasteiger partial charge in [-0.1, -0.05) is 12.1 Å². The molecule has 1 fully saturated rings. The fourth-order valence-corrected chi connectivity index (χ4v) is 3.29. The Hall–Kier alpha value is -3.39. The molecule has 3 amide bonds. The number of hydrogen-bond acceptors (Lipinski definition) is 6. The number of carbonyl (C=O) groups is 3. The van der Waals surface area contributed by atoms with E-state index in [4.69, 9.17) is 10.2 Å². The van der Waals surface area contributed by atoms with Crippen LogP contribution in [0.15, 0.2) is 52.0 Å². The van der Waals surface area contributed by atoms with E-state index in [9.17, 15) is 14.4 Å². The molecule has 1 aliphatic rings. The highest BCUT2D eigenvalue weighted by atomic mass is 32.2. The van der Waals surface area contributed by atoms with Crippen LogP contribution in [0.4, 0.5) is 4.79 Å². The predicted octanol–water partition coefficient (Wildman–Crippen LogP) is 2.92. The van der Waals surface area contributed by atoms with Crippen LogP contribution in [0.2, 0.25) is 0 Å². The first-order valence-electron chi connectivity index (χ1n) is 7.54. The monoisotopic (exact) mass is 365 g/mol. The van der Waals surface area contributed by atoms with Gasteiger partial charge < -0.3 is 10.2 Å². The maximum atomic E-state index is 11.7. The zero-order valence-electron chi connectivity index (χ0n) is 13.2. The Morgan fingerprint density at radius 1 is 1.19 bits per heavy atom. The smallest absolute Gasteiger partial charge is 0.290 e. The lowest BCUT2D eigenvalue weighted by molar-refractivity contribution is -0.115. The Kier molecular flexibility index (Phi) is 3.81. The van der Waals surface area contributed by atoms with Crippen molar-refractivity contribution in [1.29, 1.82) is 0 Å². The van der Waals surface area contributed by atoms with E-state index >= 15 is 0 Å². The zero-order valence-corrected chi connectivity index (χ0v) is 14.0. The van der Waals surface area contributed by atoms with Crippen molar-refractivity contribution in [3.8, 4) is 11.1 Å². The van der Waals surface area contributed by atoms with Crippen LogP contribution in [0.1, 0.15) is 16.1 Å². The van der Waals surface area contributed by atoms with E-state index in [1.54, 1.807) is 42.7 Å². The van der Waals surface area contributed by atoms with Crippen LogP contribution in [-0.2, 0) is 4.79 Å². The molecule has 0 atom stereocenters. The molecule has 1 saturated heterocycles. The number of fused-ring (bicyclic) bond motifs is 1. The average molecular weight is 365 g/mol. The molecule has 3 heterocycles. The summed E-state index contributed by atoms with van der Waals surface area (Å²) in [6.45, 7) is 0. The van der Waals surface area contributed by atoms with E-state index in [0.717, 1.165) is 28.3 Å². The quantitative estimate of drug-likeness (QED) is 0.690. The molecule has 2 aromatic heterocycles. The maximum Gasteiger partial charge on any atom is 0.290 e. The minimum absolute atomic E-state index is 0.273.